The van der Waals surface area contributed by atoms with Crippen LogP contribution in [0.5, 0.6) is 0 Å². The summed E-state index contributed by atoms with van der Waals surface area (Å²) in [5.74, 6) is -1.27. The molecule has 0 radical (unpaired) electrons. The third-order valence-corrected chi connectivity index (χ3v) is 9.66. The molecule has 0 aromatic heterocycles. The molecule has 35 heavy (non-hydrogen) atoms. The number of amides is 3. The SMILES string of the molecule is CC(C)(C)NC(=O)C1N(CCCCCO)C(=O)[C@@H]2[C@H](C(=O)NCc3ccccc3)[C@]3(C)CCC12S3. The number of thioether (sulfide) groups is 1. The Hall–Kier alpha value is -2.06. The first-order valence-electron chi connectivity index (χ1n) is 12.8. The molecule has 3 fully saturated rings. The molecule has 1 spiro atoms. The molecule has 8 heteroatoms. The third-order valence-electron chi connectivity index (χ3n) is 7.67. The number of aliphatic hydroxyl groups excluding tert-OH is 1. The van der Waals surface area contributed by atoms with Crippen LogP contribution in [0.1, 0.15) is 65.4 Å². The summed E-state index contributed by atoms with van der Waals surface area (Å²) in [7, 11) is 0. The van der Waals surface area contributed by atoms with Crippen molar-refractivity contribution in [2.75, 3.05) is 13.2 Å². The number of aliphatic hydroxyl groups is 1. The van der Waals surface area contributed by atoms with Gasteiger partial charge in [-0.3, -0.25) is 14.4 Å². The first-order valence-corrected chi connectivity index (χ1v) is 13.6. The maximum atomic E-state index is 14.0. The molecule has 2 bridgehead atoms. The van der Waals surface area contributed by atoms with Gasteiger partial charge >= 0.3 is 0 Å². The number of nitrogens with one attached hydrogen (secondary N) is 2. The molecule has 0 aliphatic carbocycles. The predicted octanol–water partition coefficient (Wildman–Crippen LogP) is 2.86. The number of likely N-dealkylation sites (tertiary alicyclic amines) is 1. The summed E-state index contributed by atoms with van der Waals surface area (Å²) in [6, 6.07) is 9.18. The van der Waals surface area contributed by atoms with Gasteiger partial charge in [0.05, 0.1) is 16.6 Å². The maximum Gasteiger partial charge on any atom is 0.244 e. The highest BCUT2D eigenvalue weighted by molar-refractivity contribution is 8.02. The van der Waals surface area contributed by atoms with Gasteiger partial charge in [0.15, 0.2) is 0 Å². The van der Waals surface area contributed by atoms with Gasteiger partial charge in [0.1, 0.15) is 6.04 Å². The van der Waals surface area contributed by atoms with Gasteiger partial charge in [-0.05, 0) is 65.4 Å². The van der Waals surface area contributed by atoms with Crippen LogP contribution < -0.4 is 10.6 Å². The van der Waals surface area contributed by atoms with Gasteiger partial charge in [-0.25, -0.2) is 0 Å². The van der Waals surface area contributed by atoms with Crippen LogP contribution in [0.15, 0.2) is 30.3 Å². The molecule has 4 rings (SSSR count). The standard InChI is InChI=1S/C27H39N3O4S/c1-25(2,3)29-23(33)21-27-14-13-26(4,35-27)19(22(32)28-17-18-11-7-5-8-12-18)20(27)24(34)30(21)15-9-6-10-16-31/h5,7-8,11-12,19-21,31H,6,9-10,13-17H2,1-4H3,(H,28,32)(H,29,33)/t19-,20+,21?,26+,27?/m1/s1. The van der Waals surface area contributed by atoms with E-state index in [0.717, 1.165) is 31.2 Å². The van der Waals surface area contributed by atoms with Crippen molar-refractivity contribution >= 4 is 29.5 Å². The van der Waals surface area contributed by atoms with Gasteiger partial charge in [0.25, 0.3) is 0 Å². The summed E-state index contributed by atoms with van der Waals surface area (Å²) < 4.78 is -0.961. The lowest BCUT2D eigenvalue weighted by Crippen LogP contribution is -2.57. The zero-order valence-electron chi connectivity index (χ0n) is 21.3. The quantitative estimate of drug-likeness (QED) is 0.452. The molecule has 2 unspecified atom stereocenters. The fraction of sp³-hybridized carbons (Fsp3) is 0.667. The zero-order valence-corrected chi connectivity index (χ0v) is 22.1. The van der Waals surface area contributed by atoms with Crippen molar-refractivity contribution in [3.63, 3.8) is 0 Å². The second kappa shape index (κ2) is 9.77. The van der Waals surface area contributed by atoms with E-state index < -0.39 is 28.2 Å². The lowest BCUT2D eigenvalue weighted by atomic mass is 9.66. The monoisotopic (exact) mass is 501 g/mol. The number of benzene rings is 1. The van der Waals surface area contributed by atoms with Gasteiger partial charge in [-0.15, -0.1) is 11.8 Å². The highest BCUT2D eigenvalue weighted by Crippen LogP contribution is 2.71. The fourth-order valence-electron chi connectivity index (χ4n) is 6.27. The summed E-state index contributed by atoms with van der Waals surface area (Å²) in [6.45, 7) is 8.94. The average molecular weight is 502 g/mol. The number of fused-ring (bicyclic) bond motifs is 1. The number of unbranched alkanes of at least 4 members (excludes halogenated alkanes) is 2. The number of nitrogens with zero attached hydrogens (tertiary/aromatic N) is 1. The number of carbonyl (C=O) groups is 3. The molecular weight excluding hydrogens is 462 g/mol. The van der Waals surface area contributed by atoms with Gasteiger partial charge in [-0.2, -0.15) is 0 Å². The van der Waals surface area contributed by atoms with Gasteiger partial charge in [0, 0.05) is 30.0 Å². The van der Waals surface area contributed by atoms with Crippen molar-refractivity contribution in [1.29, 1.82) is 0 Å². The Kier molecular flexibility index (Phi) is 7.26. The molecule has 3 saturated heterocycles. The molecule has 192 valence electrons. The molecule has 5 atom stereocenters. The van der Waals surface area contributed by atoms with Crippen molar-refractivity contribution < 1.29 is 19.5 Å². The molecule has 3 aliphatic rings. The van der Waals surface area contributed by atoms with Crippen LogP contribution >= 0.6 is 11.8 Å². The second-order valence-corrected chi connectivity index (χ2v) is 13.4. The Balaban J connectivity index is 1.62. The van der Waals surface area contributed by atoms with Gasteiger partial charge in [0.2, 0.25) is 17.7 Å². The van der Waals surface area contributed by atoms with Crippen molar-refractivity contribution in [3.05, 3.63) is 35.9 Å². The zero-order chi connectivity index (χ0) is 25.4. The van der Waals surface area contributed by atoms with E-state index in [2.05, 4.69) is 17.6 Å². The molecule has 3 N–H and O–H groups in total. The van der Waals surface area contributed by atoms with E-state index in [0.29, 0.717) is 19.5 Å². The Bertz CT molecular complexity index is 965. The smallest absolute Gasteiger partial charge is 0.244 e. The number of hydrogen-bond donors (Lipinski definition) is 3. The molecule has 1 aromatic rings. The van der Waals surface area contributed by atoms with Crippen molar-refractivity contribution in [2.24, 2.45) is 11.8 Å². The second-order valence-electron chi connectivity index (χ2n) is 11.5. The van der Waals surface area contributed by atoms with E-state index in [1.165, 1.54) is 0 Å². The van der Waals surface area contributed by atoms with E-state index in [1.54, 1.807) is 16.7 Å². The predicted molar refractivity (Wildman–Crippen MR) is 138 cm³/mol. The summed E-state index contributed by atoms with van der Waals surface area (Å²) in [5.41, 5.74) is 0.594. The van der Waals surface area contributed by atoms with Crippen LogP contribution in [0.2, 0.25) is 0 Å². The summed E-state index contributed by atoms with van der Waals surface area (Å²) >= 11 is 1.70. The normalized spacial score (nSPS) is 31.5. The van der Waals surface area contributed by atoms with Gasteiger partial charge < -0.3 is 20.6 Å². The minimum absolute atomic E-state index is 0.0705. The topological polar surface area (TPSA) is 98.7 Å². The first kappa shape index (κ1) is 26.0. The van der Waals surface area contributed by atoms with Crippen LogP contribution in [-0.4, -0.2) is 62.0 Å². The molecule has 3 aliphatic heterocycles. The molecule has 0 saturated carbocycles. The Morgan fingerprint density at radius 2 is 1.83 bits per heavy atom. The molecule has 3 amide bonds. The van der Waals surface area contributed by atoms with Crippen LogP contribution in [0, 0.1) is 11.8 Å². The minimum atomic E-state index is -0.591. The number of rotatable bonds is 9. The fourth-order valence-corrected chi connectivity index (χ4v) is 8.63. The summed E-state index contributed by atoms with van der Waals surface area (Å²) in [4.78, 5) is 42.9. The summed E-state index contributed by atoms with van der Waals surface area (Å²) in [6.07, 6.45) is 3.75. The van der Waals surface area contributed by atoms with E-state index >= 15 is 0 Å². The minimum Gasteiger partial charge on any atom is -0.396 e. The van der Waals surface area contributed by atoms with Crippen molar-refractivity contribution in [3.8, 4) is 0 Å². The molecule has 3 heterocycles. The largest absolute Gasteiger partial charge is 0.396 e. The molecule has 1 aromatic carbocycles. The highest BCUT2D eigenvalue weighted by atomic mass is 32.2. The highest BCUT2D eigenvalue weighted by Gasteiger charge is 2.77. The molecule has 7 nitrogen and oxygen atoms in total. The van der Waals surface area contributed by atoms with Crippen LogP contribution in [0.25, 0.3) is 0 Å². The van der Waals surface area contributed by atoms with Crippen molar-refractivity contribution in [2.45, 2.75) is 87.4 Å². The Morgan fingerprint density at radius 1 is 1.11 bits per heavy atom. The van der Waals surface area contributed by atoms with Crippen LogP contribution in [0.4, 0.5) is 0 Å². The van der Waals surface area contributed by atoms with Crippen LogP contribution in [-0.2, 0) is 20.9 Å². The molecular formula is C27H39N3O4S. The van der Waals surface area contributed by atoms with Crippen LogP contribution in [0.3, 0.4) is 0 Å². The van der Waals surface area contributed by atoms with E-state index in [4.69, 9.17) is 5.11 Å². The summed E-state index contributed by atoms with van der Waals surface area (Å²) in [5, 5.41) is 15.4. The lowest BCUT2D eigenvalue weighted by Gasteiger charge is -2.36. The van der Waals surface area contributed by atoms with E-state index in [1.807, 2.05) is 51.1 Å². The average Bonchev–Trinajstić information content (AvgIpc) is 3.35. The lowest BCUT2D eigenvalue weighted by molar-refractivity contribution is -0.141. The number of carbonyl (C=O) groups excluding carboxylic acids is 3. The maximum absolute atomic E-state index is 14.0. The van der Waals surface area contributed by atoms with Gasteiger partial charge in [-0.1, -0.05) is 30.3 Å². The number of hydrogen-bond acceptors (Lipinski definition) is 5. The Labute approximate surface area is 212 Å². The Morgan fingerprint density at radius 3 is 2.49 bits per heavy atom. The first-order chi connectivity index (χ1) is 16.5. The van der Waals surface area contributed by atoms with E-state index in [-0.39, 0.29) is 29.1 Å². The van der Waals surface area contributed by atoms with E-state index in [9.17, 15) is 14.4 Å². The van der Waals surface area contributed by atoms with Crippen molar-refractivity contribution in [1.82, 2.24) is 15.5 Å². The third kappa shape index (κ3) is 4.84.